The van der Waals surface area contributed by atoms with Crippen molar-refractivity contribution in [2.24, 2.45) is 5.92 Å². The van der Waals surface area contributed by atoms with Crippen molar-refractivity contribution in [3.8, 4) is 5.69 Å². The van der Waals surface area contributed by atoms with Gasteiger partial charge in [0.2, 0.25) is 5.91 Å². The molecule has 2 aliphatic rings. The Morgan fingerprint density at radius 3 is 2.59 bits per heavy atom. The first-order chi connectivity index (χ1) is 14.3. The molecule has 1 amide bonds. The van der Waals surface area contributed by atoms with Crippen molar-refractivity contribution in [2.75, 3.05) is 39.4 Å². The molecule has 1 aromatic heterocycles. The van der Waals surface area contributed by atoms with Gasteiger partial charge in [0.15, 0.2) is 0 Å². The second-order valence-corrected chi connectivity index (χ2v) is 8.12. The maximum atomic E-state index is 13.4. The van der Waals surface area contributed by atoms with Gasteiger partial charge in [-0.05, 0) is 31.0 Å². The molecule has 1 aromatic carbocycles. The monoisotopic (exact) mass is 396 g/mol. The van der Waals surface area contributed by atoms with Crippen molar-refractivity contribution in [3.05, 3.63) is 48.3 Å². The number of hydrogen-bond donors (Lipinski definition) is 0. The van der Waals surface area contributed by atoms with E-state index in [1.54, 1.807) is 0 Å². The zero-order valence-corrected chi connectivity index (χ0v) is 17.2. The molecule has 0 radical (unpaired) electrons. The Kier molecular flexibility index (Phi) is 6.96. The van der Waals surface area contributed by atoms with E-state index in [2.05, 4.69) is 27.0 Å². The summed E-state index contributed by atoms with van der Waals surface area (Å²) in [6.07, 6.45) is 7.51. The molecule has 2 aromatic rings. The van der Waals surface area contributed by atoms with Gasteiger partial charge < -0.3 is 9.64 Å². The summed E-state index contributed by atoms with van der Waals surface area (Å²) < 4.78 is 7.42. The molecule has 29 heavy (non-hydrogen) atoms. The smallest absolute Gasteiger partial charge is 0.226 e. The zero-order chi connectivity index (χ0) is 19.9. The Balaban J connectivity index is 1.49. The van der Waals surface area contributed by atoms with Gasteiger partial charge in [-0.25, -0.2) is 4.68 Å². The van der Waals surface area contributed by atoms with Gasteiger partial charge in [0.05, 0.1) is 31.1 Å². The molecule has 0 bridgehead atoms. The van der Waals surface area contributed by atoms with Crippen molar-refractivity contribution in [1.82, 2.24) is 19.6 Å². The van der Waals surface area contributed by atoms with Crippen LogP contribution >= 0.6 is 0 Å². The number of carbonyl (C=O) groups excluding carboxylic acids is 1. The summed E-state index contributed by atoms with van der Waals surface area (Å²) in [6, 6.07) is 12.2. The van der Waals surface area contributed by atoms with Gasteiger partial charge in [0, 0.05) is 38.3 Å². The molecule has 6 nitrogen and oxygen atoms in total. The second-order valence-electron chi connectivity index (χ2n) is 8.12. The van der Waals surface area contributed by atoms with E-state index >= 15 is 0 Å². The lowest BCUT2D eigenvalue weighted by Crippen LogP contribution is -2.44. The lowest BCUT2D eigenvalue weighted by atomic mass is 9.88. The van der Waals surface area contributed by atoms with E-state index in [9.17, 15) is 4.79 Å². The molecule has 1 aliphatic carbocycles. The van der Waals surface area contributed by atoms with Crippen molar-refractivity contribution in [1.29, 1.82) is 0 Å². The number of carbonyl (C=O) groups is 1. The molecule has 4 rings (SSSR count). The van der Waals surface area contributed by atoms with Crippen LogP contribution in [0.4, 0.5) is 0 Å². The maximum Gasteiger partial charge on any atom is 0.226 e. The number of amides is 1. The van der Waals surface area contributed by atoms with Crippen molar-refractivity contribution < 1.29 is 9.53 Å². The minimum atomic E-state index is 0.182. The van der Waals surface area contributed by atoms with Crippen LogP contribution in [-0.2, 0) is 16.1 Å². The Morgan fingerprint density at radius 1 is 1.07 bits per heavy atom. The Morgan fingerprint density at radius 2 is 1.83 bits per heavy atom. The van der Waals surface area contributed by atoms with Gasteiger partial charge in [0.25, 0.3) is 0 Å². The summed E-state index contributed by atoms with van der Waals surface area (Å²) in [5, 5.41) is 4.51. The minimum absolute atomic E-state index is 0.182. The summed E-state index contributed by atoms with van der Waals surface area (Å²) >= 11 is 0. The predicted octanol–water partition coefficient (Wildman–Crippen LogP) is 3.11. The highest BCUT2D eigenvalue weighted by atomic mass is 16.5. The number of para-hydroxylation sites is 1. The number of rotatable bonds is 7. The second kappa shape index (κ2) is 10.0. The van der Waals surface area contributed by atoms with E-state index in [0.29, 0.717) is 12.5 Å². The first-order valence-corrected chi connectivity index (χ1v) is 11.0. The molecular formula is C23H32N4O2. The molecular weight excluding hydrogens is 364 g/mol. The zero-order valence-electron chi connectivity index (χ0n) is 17.2. The van der Waals surface area contributed by atoms with E-state index in [1.165, 1.54) is 19.3 Å². The summed E-state index contributed by atoms with van der Waals surface area (Å²) in [7, 11) is 0. The van der Waals surface area contributed by atoms with Crippen LogP contribution in [-0.4, -0.2) is 64.9 Å². The Bertz CT molecular complexity index is 764. The fourth-order valence-electron chi connectivity index (χ4n) is 4.41. The molecule has 1 saturated heterocycles. The number of hydrogen-bond acceptors (Lipinski definition) is 4. The van der Waals surface area contributed by atoms with Gasteiger partial charge in [-0.2, -0.15) is 5.10 Å². The van der Waals surface area contributed by atoms with E-state index in [4.69, 9.17) is 4.74 Å². The first-order valence-electron chi connectivity index (χ1n) is 11.0. The number of ether oxygens (including phenoxy) is 1. The van der Waals surface area contributed by atoms with Crippen LogP contribution in [0, 0.1) is 5.92 Å². The highest BCUT2D eigenvalue weighted by molar-refractivity contribution is 5.79. The molecule has 0 atom stereocenters. The van der Waals surface area contributed by atoms with Crippen LogP contribution in [0.5, 0.6) is 0 Å². The summed E-state index contributed by atoms with van der Waals surface area (Å²) in [6.45, 7) is 5.75. The number of morpholine rings is 1. The fraction of sp³-hybridized carbons (Fsp3) is 0.565. The molecule has 2 fully saturated rings. The van der Waals surface area contributed by atoms with Crippen LogP contribution in [0.3, 0.4) is 0 Å². The van der Waals surface area contributed by atoms with E-state index in [-0.39, 0.29) is 5.92 Å². The summed E-state index contributed by atoms with van der Waals surface area (Å²) in [5.74, 6) is 0.500. The fourth-order valence-corrected chi connectivity index (χ4v) is 4.41. The Labute approximate surface area is 173 Å². The summed E-state index contributed by atoms with van der Waals surface area (Å²) in [5.41, 5.74) is 2.09. The standard InChI is InChI=1S/C23H32N4O2/c28-23(20-7-3-1-4-8-20)26(14-13-25-15-17-29-18-16-25)19-22-11-12-24-27(22)21-9-5-2-6-10-21/h2,5-6,9-12,20H,1,3-4,7-8,13-19H2. The quantitative estimate of drug-likeness (QED) is 0.722. The lowest BCUT2D eigenvalue weighted by molar-refractivity contribution is -0.137. The number of nitrogens with zero attached hydrogens (tertiary/aromatic N) is 4. The third-order valence-electron chi connectivity index (χ3n) is 6.13. The molecule has 0 unspecified atom stereocenters. The lowest BCUT2D eigenvalue weighted by Gasteiger charge is -2.33. The van der Waals surface area contributed by atoms with Crippen LogP contribution in [0.1, 0.15) is 37.8 Å². The van der Waals surface area contributed by atoms with E-state index in [1.807, 2.05) is 35.1 Å². The van der Waals surface area contributed by atoms with Gasteiger partial charge in [-0.3, -0.25) is 9.69 Å². The topological polar surface area (TPSA) is 50.6 Å². The molecule has 0 N–H and O–H groups in total. The molecule has 156 valence electrons. The van der Waals surface area contributed by atoms with E-state index < -0.39 is 0 Å². The average molecular weight is 397 g/mol. The predicted molar refractivity (Wildman–Crippen MR) is 113 cm³/mol. The molecule has 0 spiro atoms. The Hall–Kier alpha value is -2.18. The van der Waals surface area contributed by atoms with Crippen LogP contribution in [0.25, 0.3) is 5.69 Å². The first kappa shape index (κ1) is 20.1. The van der Waals surface area contributed by atoms with Gasteiger partial charge in [-0.15, -0.1) is 0 Å². The van der Waals surface area contributed by atoms with Crippen LogP contribution in [0.2, 0.25) is 0 Å². The molecule has 6 heteroatoms. The highest BCUT2D eigenvalue weighted by Gasteiger charge is 2.27. The third kappa shape index (κ3) is 5.25. The van der Waals surface area contributed by atoms with Gasteiger partial charge in [-0.1, -0.05) is 37.5 Å². The van der Waals surface area contributed by atoms with Gasteiger partial charge >= 0.3 is 0 Å². The van der Waals surface area contributed by atoms with Crippen molar-refractivity contribution >= 4 is 5.91 Å². The van der Waals surface area contributed by atoms with Gasteiger partial charge in [0.1, 0.15) is 0 Å². The maximum absolute atomic E-state index is 13.4. The van der Waals surface area contributed by atoms with Crippen LogP contribution < -0.4 is 0 Å². The normalized spacial score (nSPS) is 18.6. The molecule has 2 heterocycles. The minimum Gasteiger partial charge on any atom is -0.379 e. The average Bonchev–Trinajstić information content (AvgIpc) is 3.26. The number of benzene rings is 1. The largest absolute Gasteiger partial charge is 0.379 e. The van der Waals surface area contributed by atoms with Crippen molar-refractivity contribution in [2.45, 2.75) is 38.6 Å². The molecule has 1 saturated carbocycles. The highest BCUT2D eigenvalue weighted by Crippen LogP contribution is 2.26. The van der Waals surface area contributed by atoms with Crippen LogP contribution in [0.15, 0.2) is 42.6 Å². The number of aromatic nitrogens is 2. The summed E-state index contributed by atoms with van der Waals surface area (Å²) in [4.78, 5) is 17.9. The third-order valence-corrected chi connectivity index (χ3v) is 6.13. The van der Waals surface area contributed by atoms with Crippen molar-refractivity contribution in [3.63, 3.8) is 0 Å². The molecule has 1 aliphatic heterocycles. The SMILES string of the molecule is O=C(C1CCCCC1)N(CCN1CCOCC1)Cc1ccnn1-c1ccccc1. The van der Waals surface area contributed by atoms with E-state index in [0.717, 1.165) is 63.6 Å².